The molecule has 4 unspecified atom stereocenters. The topological polar surface area (TPSA) is 71.1 Å². The van der Waals surface area contributed by atoms with Gasteiger partial charge in [0.1, 0.15) is 0 Å². The van der Waals surface area contributed by atoms with Crippen LogP contribution in [-0.4, -0.2) is 38.7 Å². The molecule has 0 radical (unpaired) electrons. The van der Waals surface area contributed by atoms with Crippen molar-refractivity contribution in [3.8, 4) is 0 Å². The van der Waals surface area contributed by atoms with E-state index in [1.807, 2.05) is 0 Å². The fourth-order valence-corrected chi connectivity index (χ4v) is 5.49. The Hall–Kier alpha value is -1.66. The first-order valence-electron chi connectivity index (χ1n) is 9.38. The predicted molar refractivity (Wildman–Crippen MR) is 93.6 cm³/mol. The van der Waals surface area contributed by atoms with Gasteiger partial charge in [-0.25, -0.2) is 9.59 Å². The summed E-state index contributed by atoms with van der Waals surface area (Å²) in [4.78, 5) is 22.0. The Morgan fingerprint density at radius 3 is 1.81 bits per heavy atom. The molecule has 2 bridgehead atoms. The first-order chi connectivity index (χ1) is 12.6. The van der Waals surface area contributed by atoms with E-state index in [1.54, 1.807) is 0 Å². The van der Waals surface area contributed by atoms with Crippen molar-refractivity contribution in [1.82, 2.24) is 0 Å². The molecule has 6 heteroatoms. The highest BCUT2D eigenvalue weighted by atomic mass is 16.7. The molecule has 0 N–H and O–H groups in total. The van der Waals surface area contributed by atoms with Crippen molar-refractivity contribution in [1.29, 1.82) is 0 Å². The minimum absolute atomic E-state index is 0.00341. The lowest BCUT2D eigenvalue weighted by molar-refractivity contribution is -0.152. The summed E-state index contributed by atoms with van der Waals surface area (Å²) in [6.45, 7) is 8.06. The van der Waals surface area contributed by atoms with Crippen LogP contribution in [0.5, 0.6) is 0 Å². The largest absolute Gasteiger partial charge is 0.435 e. The smallest absolute Gasteiger partial charge is 0.332 e. The van der Waals surface area contributed by atoms with Gasteiger partial charge >= 0.3 is 11.9 Å². The molecule has 0 saturated heterocycles. The van der Waals surface area contributed by atoms with Crippen molar-refractivity contribution < 1.29 is 28.5 Å². The maximum absolute atomic E-state index is 11.0. The van der Waals surface area contributed by atoms with E-state index >= 15 is 0 Å². The summed E-state index contributed by atoms with van der Waals surface area (Å²) < 4.78 is 20.9. The molecule has 4 atom stereocenters. The van der Waals surface area contributed by atoms with Crippen LogP contribution in [0.2, 0.25) is 0 Å². The number of hydrogen-bond acceptors (Lipinski definition) is 6. The number of ether oxygens (including phenoxy) is 4. The van der Waals surface area contributed by atoms with Gasteiger partial charge in [-0.05, 0) is 61.2 Å². The molecular formula is C20H28O6. The van der Waals surface area contributed by atoms with Crippen LogP contribution in [0.1, 0.15) is 25.7 Å². The van der Waals surface area contributed by atoms with E-state index in [1.165, 1.54) is 25.7 Å². The average molecular weight is 364 g/mol. The van der Waals surface area contributed by atoms with Crippen molar-refractivity contribution in [2.75, 3.05) is 26.8 Å². The van der Waals surface area contributed by atoms with E-state index in [2.05, 4.69) is 13.2 Å². The third kappa shape index (κ3) is 4.18. The summed E-state index contributed by atoms with van der Waals surface area (Å²) in [5, 5.41) is 0. The van der Waals surface area contributed by atoms with E-state index < -0.39 is 11.9 Å². The van der Waals surface area contributed by atoms with Gasteiger partial charge < -0.3 is 18.9 Å². The highest BCUT2D eigenvalue weighted by Gasteiger charge is 2.57. The van der Waals surface area contributed by atoms with Gasteiger partial charge in [0.2, 0.25) is 0 Å². The van der Waals surface area contributed by atoms with E-state index in [0.29, 0.717) is 36.9 Å². The SMILES string of the molecule is C=CC(=O)OCOCC1CC2C3CCC(C3COCOC(=O)C=C)C2C1. The van der Waals surface area contributed by atoms with Crippen LogP contribution in [0.25, 0.3) is 0 Å². The Morgan fingerprint density at radius 1 is 0.808 bits per heavy atom. The summed E-state index contributed by atoms with van der Waals surface area (Å²) in [5.74, 6) is 3.16. The number of carbonyl (C=O) groups excluding carboxylic acids is 2. The Kier molecular flexibility index (Phi) is 6.48. The molecule has 0 aliphatic heterocycles. The van der Waals surface area contributed by atoms with Gasteiger partial charge in [0.25, 0.3) is 0 Å². The first kappa shape index (κ1) is 19.1. The van der Waals surface area contributed by atoms with Crippen LogP contribution in [0, 0.1) is 35.5 Å². The lowest BCUT2D eigenvalue weighted by Gasteiger charge is -2.23. The number of esters is 2. The zero-order chi connectivity index (χ0) is 18.5. The highest BCUT2D eigenvalue weighted by Crippen LogP contribution is 2.62. The third-order valence-corrected chi connectivity index (χ3v) is 6.36. The molecule has 3 aliphatic rings. The van der Waals surface area contributed by atoms with Crippen molar-refractivity contribution in [3.63, 3.8) is 0 Å². The quantitative estimate of drug-likeness (QED) is 0.257. The zero-order valence-electron chi connectivity index (χ0n) is 15.1. The average Bonchev–Trinajstić information content (AvgIpc) is 3.32. The molecule has 0 aromatic heterocycles. The molecule has 0 aromatic rings. The molecule has 0 heterocycles. The number of hydrogen-bond donors (Lipinski definition) is 0. The molecule has 3 fully saturated rings. The highest BCUT2D eigenvalue weighted by molar-refractivity contribution is 5.81. The molecule has 3 aliphatic carbocycles. The van der Waals surface area contributed by atoms with Crippen LogP contribution in [0.15, 0.2) is 25.3 Å². The van der Waals surface area contributed by atoms with Crippen molar-refractivity contribution in [2.24, 2.45) is 35.5 Å². The summed E-state index contributed by atoms with van der Waals surface area (Å²) in [7, 11) is 0. The van der Waals surface area contributed by atoms with Crippen LogP contribution >= 0.6 is 0 Å². The fourth-order valence-electron chi connectivity index (χ4n) is 5.49. The minimum atomic E-state index is -0.451. The monoisotopic (exact) mass is 364 g/mol. The van der Waals surface area contributed by atoms with Gasteiger partial charge in [-0.2, -0.15) is 0 Å². The van der Waals surface area contributed by atoms with E-state index in [-0.39, 0.29) is 13.6 Å². The number of fused-ring (bicyclic) bond motifs is 5. The molecule has 26 heavy (non-hydrogen) atoms. The molecule has 0 amide bonds. The second-order valence-corrected chi connectivity index (χ2v) is 7.55. The molecular weight excluding hydrogens is 336 g/mol. The van der Waals surface area contributed by atoms with Gasteiger partial charge in [-0.3, -0.25) is 0 Å². The van der Waals surface area contributed by atoms with Gasteiger partial charge in [0, 0.05) is 12.2 Å². The molecule has 6 nitrogen and oxygen atoms in total. The van der Waals surface area contributed by atoms with Gasteiger partial charge in [-0.15, -0.1) is 0 Å². The second-order valence-electron chi connectivity index (χ2n) is 7.55. The summed E-state index contributed by atoms with van der Waals surface area (Å²) in [5.41, 5.74) is 0. The molecule has 0 spiro atoms. The number of rotatable bonds is 10. The standard InChI is InChI=1S/C20H28O6/c1-3-19(21)25-11-23-9-13-7-16-14-5-6-15(17(16)8-13)18(14)10-24-12-26-20(22)4-2/h3-4,13-18H,1-2,5-12H2. The maximum Gasteiger partial charge on any atom is 0.332 e. The Labute approximate surface area is 154 Å². The van der Waals surface area contributed by atoms with Crippen LogP contribution in [0.3, 0.4) is 0 Å². The molecule has 0 aromatic carbocycles. The fraction of sp³-hybridized carbons (Fsp3) is 0.700. The Bertz CT molecular complexity index is 524. The van der Waals surface area contributed by atoms with E-state index in [0.717, 1.165) is 24.0 Å². The van der Waals surface area contributed by atoms with Crippen molar-refractivity contribution in [3.05, 3.63) is 25.3 Å². The first-order valence-corrected chi connectivity index (χ1v) is 9.38. The van der Waals surface area contributed by atoms with Crippen LogP contribution < -0.4 is 0 Å². The van der Waals surface area contributed by atoms with E-state index in [9.17, 15) is 9.59 Å². The van der Waals surface area contributed by atoms with Gasteiger partial charge in [0.15, 0.2) is 13.6 Å². The normalized spacial score (nSPS) is 34.3. The molecule has 3 saturated carbocycles. The minimum Gasteiger partial charge on any atom is -0.435 e. The molecule has 3 rings (SSSR count). The van der Waals surface area contributed by atoms with Crippen LogP contribution in [-0.2, 0) is 28.5 Å². The third-order valence-electron chi connectivity index (χ3n) is 6.36. The van der Waals surface area contributed by atoms with E-state index in [4.69, 9.17) is 18.9 Å². The van der Waals surface area contributed by atoms with Gasteiger partial charge in [0.05, 0.1) is 13.2 Å². The Balaban J connectivity index is 1.38. The lowest BCUT2D eigenvalue weighted by Crippen LogP contribution is -2.20. The van der Waals surface area contributed by atoms with Crippen molar-refractivity contribution >= 4 is 11.9 Å². The Morgan fingerprint density at radius 2 is 1.31 bits per heavy atom. The van der Waals surface area contributed by atoms with Crippen molar-refractivity contribution in [2.45, 2.75) is 25.7 Å². The number of carbonyl (C=O) groups is 2. The second kappa shape index (κ2) is 8.82. The van der Waals surface area contributed by atoms with Crippen LogP contribution in [0.4, 0.5) is 0 Å². The summed E-state index contributed by atoms with van der Waals surface area (Å²) >= 11 is 0. The van der Waals surface area contributed by atoms with Gasteiger partial charge in [-0.1, -0.05) is 13.2 Å². The summed E-state index contributed by atoms with van der Waals surface area (Å²) in [6.07, 6.45) is 7.20. The maximum atomic E-state index is 11.0. The zero-order valence-corrected chi connectivity index (χ0v) is 15.1. The predicted octanol–water partition coefficient (Wildman–Crippen LogP) is 2.69. The lowest BCUT2D eigenvalue weighted by atomic mass is 9.82. The summed E-state index contributed by atoms with van der Waals surface area (Å²) in [6, 6.07) is 0. The molecule has 144 valence electrons.